The lowest BCUT2D eigenvalue weighted by Crippen LogP contribution is -2.13. The number of hydrogen-bond donors (Lipinski definition) is 1. The first kappa shape index (κ1) is 14.5. The van der Waals surface area contributed by atoms with Crippen LogP contribution in [-0.4, -0.2) is 19.9 Å². The smallest absolute Gasteiger partial charge is 0.164 e. The highest BCUT2D eigenvalue weighted by atomic mass is 16.5. The highest BCUT2D eigenvalue weighted by Gasteiger charge is 2.10. The Kier molecular flexibility index (Phi) is 4.74. The molecule has 1 aromatic heterocycles. The maximum atomic E-state index is 9.36. The molecule has 5 heteroatoms. The Bertz CT molecular complexity index is 564. The summed E-state index contributed by atoms with van der Waals surface area (Å²) in [6.45, 7) is 7.38. The second-order valence-electron chi connectivity index (χ2n) is 5.26. The second-order valence-corrected chi connectivity index (χ2v) is 5.26. The van der Waals surface area contributed by atoms with Crippen LogP contribution < -0.4 is 4.74 Å². The molecule has 0 saturated heterocycles. The molecule has 0 saturated carbocycles. The van der Waals surface area contributed by atoms with Crippen LogP contribution in [0.1, 0.15) is 30.8 Å². The number of nitrogens with zero attached hydrogens (tertiary/aromatic N) is 3. The molecule has 2 rings (SSSR count). The first-order chi connectivity index (χ1) is 9.61. The summed E-state index contributed by atoms with van der Waals surface area (Å²) in [5, 5.41) is 13.6. The molecule has 0 bridgehead atoms. The number of ether oxygens (including phenoxy) is 1. The lowest BCUT2D eigenvalue weighted by molar-refractivity contribution is 0.250. The van der Waals surface area contributed by atoms with Gasteiger partial charge in [0.05, 0.1) is 6.61 Å². The lowest BCUT2D eigenvalue weighted by Gasteiger charge is -2.13. The molecule has 0 fully saturated rings. The van der Waals surface area contributed by atoms with E-state index in [4.69, 9.17) is 4.74 Å². The number of para-hydroxylation sites is 1. The van der Waals surface area contributed by atoms with E-state index in [0.29, 0.717) is 12.5 Å². The molecule has 108 valence electrons. The monoisotopic (exact) mass is 275 g/mol. The van der Waals surface area contributed by atoms with Crippen molar-refractivity contribution in [1.82, 2.24) is 14.8 Å². The summed E-state index contributed by atoms with van der Waals surface area (Å²) < 4.78 is 7.70. The van der Waals surface area contributed by atoms with Crippen LogP contribution in [0.4, 0.5) is 0 Å². The van der Waals surface area contributed by atoms with Gasteiger partial charge in [-0.1, -0.05) is 32.0 Å². The summed E-state index contributed by atoms with van der Waals surface area (Å²) in [5.41, 5.74) is 1.80. The number of hydrogen-bond acceptors (Lipinski definition) is 4. The average Bonchev–Trinajstić information content (AvgIpc) is 2.83. The minimum atomic E-state index is -0.0320. The summed E-state index contributed by atoms with van der Waals surface area (Å²) in [6, 6.07) is 5.74. The van der Waals surface area contributed by atoms with Crippen LogP contribution in [-0.2, 0) is 19.8 Å². The molecule has 0 radical (unpaired) electrons. The van der Waals surface area contributed by atoms with Crippen molar-refractivity contribution < 1.29 is 9.84 Å². The van der Waals surface area contributed by atoms with E-state index in [0.717, 1.165) is 29.2 Å². The van der Waals surface area contributed by atoms with E-state index in [1.807, 2.05) is 29.8 Å². The van der Waals surface area contributed by atoms with Gasteiger partial charge in [0.1, 0.15) is 18.7 Å². The van der Waals surface area contributed by atoms with E-state index in [2.05, 4.69) is 23.9 Å². The minimum absolute atomic E-state index is 0.0320. The molecule has 5 nitrogen and oxygen atoms in total. The van der Waals surface area contributed by atoms with Crippen LogP contribution in [0.5, 0.6) is 5.75 Å². The zero-order valence-corrected chi connectivity index (χ0v) is 12.2. The second kappa shape index (κ2) is 6.52. The number of rotatable bonds is 6. The van der Waals surface area contributed by atoms with Crippen molar-refractivity contribution in [2.24, 2.45) is 5.92 Å². The highest BCUT2D eigenvalue weighted by Crippen LogP contribution is 2.24. The molecule has 0 aliphatic rings. The maximum Gasteiger partial charge on any atom is 0.164 e. The SMILES string of the molecule is Cc1cccc(CO)c1OCc1ncnn1CC(C)C. The van der Waals surface area contributed by atoms with E-state index < -0.39 is 0 Å². The molecule has 1 aromatic carbocycles. The molecular formula is C15H21N3O2. The van der Waals surface area contributed by atoms with Crippen LogP contribution in [0.15, 0.2) is 24.5 Å². The number of aromatic nitrogens is 3. The summed E-state index contributed by atoms with van der Waals surface area (Å²) in [7, 11) is 0. The van der Waals surface area contributed by atoms with Crippen LogP contribution in [0.25, 0.3) is 0 Å². The van der Waals surface area contributed by atoms with Crippen molar-refractivity contribution >= 4 is 0 Å². The van der Waals surface area contributed by atoms with E-state index in [1.165, 1.54) is 0 Å². The average molecular weight is 275 g/mol. The Labute approximate surface area is 119 Å². The number of aliphatic hydroxyl groups excluding tert-OH is 1. The van der Waals surface area contributed by atoms with Crippen molar-refractivity contribution in [3.05, 3.63) is 41.5 Å². The molecule has 20 heavy (non-hydrogen) atoms. The fraction of sp³-hybridized carbons (Fsp3) is 0.467. The Hall–Kier alpha value is -1.88. The molecule has 1 N–H and O–H groups in total. The molecule has 0 aliphatic carbocycles. The fourth-order valence-electron chi connectivity index (χ4n) is 2.08. The van der Waals surface area contributed by atoms with Crippen molar-refractivity contribution in [2.45, 2.75) is 40.5 Å². The predicted molar refractivity (Wildman–Crippen MR) is 76.3 cm³/mol. The van der Waals surface area contributed by atoms with Crippen molar-refractivity contribution in [3.8, 4) is 5.75 Å². The Morgan fingerprint density at radius 3 is 2.85 bits per heavy atom. The van der Waals surface area contributed by atoms with Crippen LogP contribution in [0, 0.1) is 12.8 Å². The molecule has 2 aromatic rings. The topological polar surface area (TPSA) is 60.2 Å². The normalized spacial score (nSPS) is 11.1. The van der Waals surface area contributed by atoms with Gasteiger partial charge in [0.15, 0.2) is 5.82 Å². The Morgan fingerprint density at radius 1 is 1.35 bits per heavy atom. The predicted octanol–water partition coefficient (Wildman–Crippen LogP) is 2.31. The summed E-state index contributed by atoms with van der Waals surface area (Å²) in [5.74, 6) is 2.03. The quantitative estimate of drug-likeness (QED) is 0.879. The van der Waals surface area contributed by atoms with Gasteiger partial charge in [0.25, 0.3) is 0 Å². The van der Waals surface area contributed by atoms with Crippen LogP contribution in [0.3, 0.4) is 0 Å². The van der Waals surface area contributed by atoms with Gasteiger partial charge >= 0.3 is 0 Å². The van der Waals surface area contributed by atoms with Gasteiger partial charge < -0.3 is 9.84 Å². The third kappa shape index (κ3) is 3.36. The largest absolute Gasteiger partial charge is 0.485 e. The van der Waals surface area contributed by atoms with Gasteiger partial charge in [0, 0.05) is 12.1 Å². The van der Waals surface area contributed by atoms with Gasteiger partial charge in [-0.25, -0.2) is 9.67 Å². The molecule has 0 aliphatic heterocycles. The lowest BCUT2D eigenvalue weighted by atomic mass is 10.1. The molecule has 0 amide bonds. The zero-order valence-electron chi connectivity index (χ0n) is 12.2. The van der Waals surface area contributed by atoms with Crippen molar-refractivity contribution in [3.63, 3.8) is 0 Å². The molecule has 0 unspecified atom stereocenters. The third-order valence-electron chi connectivity index (χ3n) is 3.04. The third-order valence-corrected chi connectivity index (χ3v) is 3.04. The summed E-state index contributed by atoms with van der Waals surface area (Å²) >= 11 is 0. The van der Waals surface area contributed by atoms with Gasteiger partial charge in [-0.2, -0.15) is 5.10 Å². The van der Waals surface area contributed by atoms with E-state index in [1.54, 1.807) is 6.33 Å². The Balaban J connectivity index is 2.11. The molecule has 0 atom stereocenters. The van der Waals surface area contributed by atoms with E-state index >= 15 is 0 Å². The highest BCUT2D eigenvalue weighted by molar-refractivity contribution is 5.40. The Morgan fingerprint density at radius 2 is 2.15 bits per heavy atom. The first-order valence-corrected chi connectivity index (χ1v) is 6.80. The standard InChI is InChI=1S/C15H21N3O2/c1-11(2)7-18-14(16-10-17-18)9-20-15-12(3)5-4-6-13(15)8-19/h4-6,10-11,19H,7-9H2,1-3H3. The zero-order chi connectivity index (χ0) is 14.5. The van der Waals surface area contributed by atoms with Crippen LogP contribution >= 0.6 is 0 Å². The number of aryl methyl sites for hydroxylation is 1. The molecular weight excluding hydrogens is 254 g/mol. The minimum Gasteiger partial charge on any atom is -0.485 e. The van der Waals surface area contributed by atoms with Gasteiger partial charge in [-0.05, 0) is 18.4 Å². The number of benzene rings is 1. The van der Waals surface area contributed by atoms with Crippen molar-refractivity contribution in [2.75, 3.05) is 0 Å². The summed E-state index contributed by atoms with van der Waals surface area (Å²) in [4.78, 5) is 4.23. The van der Waals surface area contributed by atoms with Gasteiger partial charge in [-0.15, -0.1) is 0 Å². The molecule has 1 heterocycles. The van der Waals surface area contributed by atoms with Gasteiger partial charge in [-0.3, -0.25) is 0 Å². The van der Waals surface area contributed by atoms with Crippen LogP contribution in [0.2, 0.25) is 0 Å². The summed E-state index contributed by atoms with van der Waals surface area (Å²) in [6.07, 6.45) is 1.55. The fourth-order valence-corrected chi connectivity index (χ4v) is 2.08. The first-order valence-electron chi connectivity index (χ1n) is 6.80. The van der Waals surface area contributed by atoms with E-state index in [-0.39, 0.29) is 6.61 Å². The van der Waals surface area contributed by atoms with E-state index in [9.17, 15) is 5.11 Å². The number of aliphatic hydroxyl groups is 1. The molecule has 0 spiro atoms. The maximum absolute atomic E-state index is 9.36. The van der Waals surface area contributed by atoms with Gasteiger partial charge in [0.2, 0.25) is 0 Å². The van der Waals surface area contributed by atoms with Crippen molar-refractivity contribution in [1.29, 1.82) is 0 Å².